The summed E-state index contributed by atoms with van der Waals surface area (Å²) in [7, 11) is -2.07. The molecule has 0 spiro atoms. The topological polar surface area (TPSA) is 104 Å². The molecule has 0 saturated carbocycles. The molecular weight excluding hydrogens is 344 g/mol. The average Bonchev–Trinajstić information content (AvgIpc) is 2.47. The number of hydrogen-bond acceptors (Lipinski definition) is 4. The predicted octanol–water partition coefficient (Wildman–Crippen LogP) is 1.48. The van der Waals surface area contributed by atoms with E-state index in [4.69, 9.17) is 16.7 Å². The number of benzene rings is 1. The van der Waals surface area contributed by atoms with Gasteiger partial charge in [0.15, 0.2) is 9.84 Å². The molecule has 2 N–H and O–H groups in total. The molecule has 1 unspecified atom stereocenters. The molecule has 1 aromatic carbocycles. The minimum absolute atomic E-state index is 0.0328. The van der Waals surface area contributed by atoms with E-state index in [-0.39, 0.29) is 23.7 Å². The van der Waals surface area contributed by atoms with Crippen molar-refractivity contribution in [2.45, 2.75) is 11.8 Å². The van der Waals surface area contributed by atoms with E-state index in [9.17, 15) is 18.0 Å². The van der Waals surface area contributed by atoms with Crippen LogP contribution in [-0.2, 0) is 14.6 Å². The van der Waals surface area contributed by atoms with E-state index < -0.39 is 27.8 Å². The summed E-state index contributed by atoms with van der Waals surface area (Å²) in [5, 5.41) is 11.7. The summed E-state index contributed by atoms with van der Waals surface area (Å²) in [6, 6.07) is 5.24. The van der Waals surface area contributed by atoms with Crippen LogP contribution in [-0.4, -0.2) is 56.3 Å². The van der Waals surface area contributed by atoms with Crippen LogP contribution in [0.4, 0.5) is 4.79 Å². The first-order chi connectivity index (χ1) is 10.6. The smallest absolute Gasteiger partial charge is 0.317 e. The van der Waals surface area contributed by atoms with Gasteiger partial charge in [-0.25, -0.2) is 13.2 Å². The monoisotopic (exact) mass is 362 g/mol. The van der Waals surface area contributed by atoms with Gasteiger partial charge < -0.3 is 15.3 Å². The number of sulfone groups is 1. The van der Waals surface area contributed by atoms with Crippen LogP contribution in [0, 0.1) is 5.92 Å². The van der Waals surface area contributed by atoms with Gasteiger partial charge in [-0.1, -0.05) is 18.5 Å². The fourth-order valence-electron chi connectivity index (χ4n) is 1.76. The van der Waals surface area contributed by atoms with E-state index in [1.54, 1.807) is 0 Å². The summed E-state index contributed by atoms with van der Waals surface area (Å²) in [6.45, 7) is 1.44. The zero-order chi connectivity index (χ0) is 17.6. The summed E-state index contributed by atoms with van der Waals surface area (Å²) < 4.78 is 24.2. The Hall–Kier alpha value is -1.80. The van der Waals surface area contributed by atoms with Gasteiger partial charge in [-0.3, -0.25) is 4.79 Å². The first-order valence-electron chi connectivity index (χ1n) is 6.83. The second-order valence-electron chi connectivity index (χ2n) is 5.12. The van der Waals surface area contributed by atoms with Crippen LogP contribution >= 0.6 is 11.6 Å². The van der Waals surface area contributed by atoms with E-state index in [0.717, 1.165) is 0 Å². The number of nitrogens with zero attached hydrogens (tertiary/aromatic N) is 1. The van der Waals surface area contributed by atoms with Gasteiger partial charge in [0.1, 0.15) is 0 Å². The summed E-state index contributed by atoms with van der Waals surface area (Å²) in [5.41, 5.74) is 0. The van der Waals surface area contributed by atoms with Crippen molar-refractivity contribution in [3.63, 3.8) is 0 Å². The van der Waals surface area contributed by atoms with Gasteiger partial charge in [0, 0.05) is 25.2 Å². The Labute approximate surface area is 140 Å². The third-order valence-corrected chi connectivity index (χ3v) is 5.12. The van der Waals surface area contributed by atoms with E-state index in [1.807, 2.05) is 0 Å². The zero-order valence-corrected chi connectivity index (χ0v) is 14.4. The van der Waals surface area contributed by atoms with Gasteiger partial charge in [0.2, 0.25) is 0 Å². The number of hydrogen-bond donors (Lipinski definition) is 2. The molecule has 2 amide bonds. The van der Waals surface area contributed by atoms with Crippen LogP contribution < -0.4 is 5.32 Å². The van der Waals surface area contributed by atoms with Crippen LogP contribution in [0.2, 0.25) is 5.02 Å². The van der Waals surface area contributed by atoms with Crippen LogP contribution in [0.1, 0.15) is 6.92 Å². The summed E-state index contributed by atoms with van der Waals surface area (Å²) in [5.74, 6) is -1.97. The fourth-order valence-corrected chi connectivity index (χ4v) is 3.04. The van der Waals surface area contributed by atoms with Crippen molar-refractivity contribution < 1.29 is 23.1 Å². The quantitative estimate of drug-likeness (QED) is 0.764. The molecule has 23 heavy (non-hydrogen) atoms. The Kier molecular flexibility index (Phi) is 6.83. The Bertz CT molecular complexity index is 660. The standard InChI is InChI=1S/C14H19ClN2O5S/c1-10(13(18)19)9-17(2)14(20)16-7-8-23(21,22)12-5-3-11(15)4-6-12/h3-6,10H,7-9H2,1-2H3,(H,16,20)(H,18,19). The largest absolute Gasteiger partial charge is 0.481 e. The van der Waals surface area contributed by atoms with Gasteiger partial charge in [-0.15, -0.1) is 0 Å². The van der Waals surface area contributed by atoms with Gasteiger partial charge >= 0.3 is 12.0 Å². The lowest BCUT2D eigenvalue weighted by atomic mass is 10.2. The number of carboxylic acid groups (broad SMARTS) is 1. The van der Waals surface area contributed by atoms with Crippen LogP contribution in [0.5, 0.6) is 0 Å². The molecule has 128 valence electrons. The first kappa shape index (κ1) is 19.2. The molecule has 1 rings (SSSR count). The Morgan fingerprint density at radius 3 is 2.39 bits per heavy atom. The van der Waals surface area contributed by atoms with Crippen molar-refractivity contribution in [1.29, 1.82) is 0 Å². The summed E-state index contributed by atoms with van der Waals surface area (Å²) in [4.78, 5) is 23.8. The van der Waals surface area contributed by atoms with E-state index in [1.165, 1.54) is 43.1 Å². The number of carboxylic acids is 1. The molecule has 9 heteroatoms. The first-order valence-corrected chi connectivity index (χ1v) is 8.86. The summed E-state index contributed by atoms with van der Waals surface area (Å²) >= 11 is 5.71. The zero-order valence-electron chi connectivity index (χ0n) is 12.8. The molecule has 0 aliphatic heterocycles. The van der Waals surface area contributed by atoms with Crippen molar-refractivity contribution in [3.8, 4) is 0 Å². The second-order valence-corrected chi connectivity index (χ2v) is 7.67. The van der Waals surface area contributed by atoms with Gasteiger partial charge in [-0.05, 0) is 24.3 Å². The molecule has 0 radical (unpaired) electrons. The number of rotatable bonds is 7. The molecule has 7 nitrogen and oxygen atoms in total. The number of amides is 2. The number of halogens is 1. The highest BCUT2D eigenvalue weighted by Gasteiger charge is 2.18. The lowest BCUT2D eigenvalue weighted by Gasteiger charge is -2.20. The molecule has 0 saturated heterocycles. The molecule has 0 aliphatic rings. The third-order valence-electron chi connectivity index (χ3n) is 3.14. The lowest BCUT2D eigenvalue weighted by molar-refractivity contribution is -0.141. The fraction of sp³-hybridized carbons (Fsp3) is 0.429. The molecule has 0 bridgehead atoms. The Morgan fingerprint density at radius 1 is 1.30 bits per heavy atom. The maximum absolute atomic E-state index is 12.1. The molecule has 1 atom stereocenters. The number of urea groups is 1. The van der Waals surface area contributed by atoms with Gasteiger partial charge in [0.05, 0.1) is 16.6 Å². The van der Waals surface area contributed by atoms with Crippen LogP contribution in [0.15, 0.2) is 29.2 Å². The molecule has 0 heterocycles. The van der Waals surface area contributed by atoms with E-state index >= 15 is 0 Å². The minimum Gasteiger partial charge on any atom is -0.481 e. The number of carbonyl (C=O) groups excluding carboxylic acids is 1. The van der Waals surface area contributed by atoms with E-state index in [2.05, 4.69) is 5.32 Å². The second kappa shape index (κ2) is 8.16. The van der Waals surface area contributed by atoms with E-state index in [0.29, 0.717) is 5.02 Å². The molecule has 0 aromatic heterocycles. The van der Waals surface area contributed by atoms with Crippen LogP contribution in [0.3, 0.4) is 0 Å². The highest BCUT2D eigenvalue weighted by atomic mass is 35.5. The average molecular weight is 363 g/mol. The number of nitrogens with one attached hydrogen (secondary N) is 1. The highest BCUT2D eigenvalue weighted by molar-refractivity contribution is 7.91. The maximum Gasteiger partial charge on any atom is 0.317 e. The summed E-state index contributed by atoms with van der Waals surface area (Å²) in [6.07, 6.45) is 0. The normalized spacial score (nSPS) is 12.5. The van der Waals surface area contributed by atoms with Crippen molar-refractivity contribution >= 4 is 33.4 Å². The number of aliphatic carboxylic acids is 1. The SMILES string of the molecule is CC(CN(C)C(=O)NCCS(=O)(=O)c1ccc(Cl)cc1)C(=O)O. The molecule has 0 aliphatic carbocycles. The number of carbonyl (C=O) groups is 2. The maximum atomic E-state index is 12.1. The Balaban J connectivity index is 2.50. The van der Waals surface area contributed by atoms with Crippen molar-refractivity contribution in [2.75, 3.05) is 25.9 Å². The Morgan fingerprint density at radius 2 is 1.87 bits per heavy atom. The minimum atomic E-state index is -3.52. The van der Waals surface area contributed by atoms with Crippen LogP contribution in [0.25, 0.3) is 0 Å². The molecule has 1 aromatic rings. The van der Waals surface area contributed by atoms with Crippen molar-refractivity contribution in [3.05, 3.63) is 29.3 Å². The predicted molar refractivity (Wildman–Crippen MR) is 86.3 cm³/mol. The van der Waals surface area contributed by atoms with Crippen molar-refractivity contribution in [2.24, 2.45) is 5.92 Å². The van der Waals surface area contributed by atoms with Crippen molar-refractivity contribution in [1.82, 2.24) is 10.2 Å². The van der Waals surface area contributed by atoms with Gasteiger partial charge in [-0.2, -0.15) is 0 Å². The molecule has 0 fully saturated rings. The molecular formula is C14H19ClN2O5S. The van der Waals surface area contributed by atoms with Gasteiger partial charge in [0.25, 0.3) is 0 Å². The third kappa shape index (κ3) is 6.07. The highest BCUT2D eigenvalue weighted by Crippen LogP contribution is 2.15. The lowest BCUT2D eigenvalue weighted by Crippen LogP contribution is -2.42.